The van der Waals surface area contributed by atoms with E-state index in [1.165, 1.54) is 0 Å². The second-order valence-electron chi connectivity index (χ2n) is 9.15. The predicted octanol–water partition coefficient (Wildman–Crippen LogP) is 4.95. The highest BCUT2D eigenvalue weighted by molar-refractivity contribution is 5.94. The SMILES string of the molecule is CNC(=O)c1ccc(C#Cc2ccc(-c3cc(Cn4ccnc4C(C)OC4CCCCO4)no3)cc2)cc1. The molecule has 5 rings (SSSR count). The maximum Gasteiger partial charge on any atom is 0.251 e. The Morgan fingerprint density at radius 2 is 1.87 bits per heavy atom. The van der Waals surface area contributed by atoms with Crippen molar-refractivity contribution in [2.75, 3.05) is 13.7 Å². The minimum absolute atomic E-state index is 0.116. The summed E-state index contributed by atoms with van der Waals surface area (Å²) in [4.78, 5) is 16.2. The molecule has 1 amide bonds. The average molecular weight is 511 g/mol. The van der Waals surface area contributed by atoms with Gasteiger partial charge in [0.05, 0.1) is 6.54 Å². The fourth-order valence-electron chi connectivity index (χ4n) is 4.33. The van der Waals surface area contributed by atoms with Crippen LogP contribution in [0.2, 0.25) is 0 Å². The number of aromatic nitrogens is 3. The molecule has 1 N–H and O–H groups in total. The van der Waals surface area contributed by atoms with Crippen molar-refractivity contribution in [2.24, 2.45) is 0 Å². The molecule has 0 aliphatic carbocycles. The Balaban J connectivity index is 1.21. The van der Waals surface area contributed by atoms with Crippen molar-refractivity contribution in [3.8, 4) is 23.2 Å². The summed E-state index contributed by atoms with van der Waals surface area (Å²) in [6.45, 7) is 3.27. The van der Waals surface area contributed by atoms with Crippen LogP contribution < -0.4 is 5.32 Å². The van der Waals surface area contributed by atoms with Gasteiger partial charge in [0, 0.05) is 54.4 Å². The number of ether oxygens (including phenoxy) is 2. The molecular formula is C30H30N4O4. The third kappa shape index (κ3) is 6.20. The van der Waals surface area contributed by atoms with Crippen molar-refractivity contribution in [2.45, 2.75) is 45.1 Å². The van der Waals surface area contributed by atoms with Crippen molar-refractivity contribution in [3.63, 3.8) is 0 Å². The summed E-state index contributed by atoms with van der Waals surface area (Å²) in [5.41, 5.74) is 4.04. The molecule has 0 radical (unpaired) electrons. The molecule has 38 heavy (non-hydrogen) atoms. The van der Waals surface area contributed by atoms with Crippen LogP contribution in [0.3, 0.4) is 0 Å². The Morgan fingerprint density at radius 1 is 1.13 bits per heavy atom. The number of amides is 1. The van der Waals surface area contributed by atoms with Gasteiger partial charge in [-0.05, 0) is 74.7 Å². The van der Waals surface area contributed by atoms with E-state index in [4.69, 9.17) is 14.0 Å². The van der Waals surface area contributed by atoms with Crippen LogP contribution >= 0.6 is 0 Å². The van der Waals surface area contributed by atoms with Gasteiger partial charge in [0.15, 0.2) is 12.1 Å². The lowest BCUT2D eigenvalue weighted by Gasteiger charge is -2.26. The van der Waals surface area contributed by atoms with Gasteiger partial charge in [-0.15, -0.1) is 0 Å². The Labute approximate surface area is 222 Å². The van der Waals surface area contributed by atoms with Crippen LogP contribution in [0, 0.1) is 11.8 Å². The molecule has 1 aliphatic rings. The average Bonchev–Trinajstić information content (AvgIpc) is 3.63. The number of imidazole rings is 1. The predicted molar refractivity (Wildman–Crippen MR) is 142 cm³/mol. The molecule has 8 nitrogen and oxygen atoms in total. The number of carbonyl (C=O) groups excluding carboxylic acids is 1. The van der Waals surface area contributed by atoms with Crippen LogP contribution in [0.15, 0.2) is 71.5 Å². The number of nitrogens with one attached hydrogen (secondary N) is 1. The first-order valence-corrected chi connectivity index (χ1v) is 12.8. The lowest BCUT2D eigenvalue weighted by molar-refractivity contribution is -0.188. The van der Waals surface area contributed by atoms with Gasteiger partial charge in [0.25, 0.3) is 5.91 Å². The third-order valence-electron chi connectivity index (χ3n) is 6.39. The van der Waals surface area contributed by atoms with E-state index in [9.17, 15) is 4.79 Å². The number of nitrogens with zero attached hydrogens (tertiary/aromatic N) is 3. The van der Waals surface area contributed by atoms with Crippen LogP contribution in [-0.2, 0) is 16.0 Å². The van der Waals surface area contributed by atoms with E-state index >= 15 is 0 Å². The topological polar surface area (TPSA) is 91.4 Å². The van der Waals surface area contributed by atoms with Crippen LogP contribution in [0.5, 0.6) is 0 Å². The van der Waals surface area contributed by atoms with Crippen molar-refractivity contribution >= 4 is 5.91 Å². The summed E-state index contributed by atoms with van der Waals surface area (Å²) < 4.78 is 19.5. The van der Waals surface area contributed by atoms with Gasteiger partial charge in [0.2, 0.25) is 0 Å². The zero-order chi connectivity index (χ0) is 26.3. The molecule has 8 heteroatoms. The van der Waals surface area contributed by atoms with Gasteiger partial charge in [-0.2, -0.15) is 0 Å². The smallest absolute Gasteiger partial charge is 0.251 e. The molecule has 0 saturated carbocycles. The first-order valence-electron chi connectivity index (χ1n) is 12.8. The molecule has 1 aliphatic heterocycles. The molecule has 194 valence electrons. The van der Waals surface area contributed by atoms with E-state index in [-0.39, 0.29) is 18.3 Å². The second-order valence-corrected chi connectivity index (χ2v) is 9.15. The van der Waals surface area contributed by atoms with Gasteiger partial charge in [-0.1, -0.05) is 17.0 Å². The largest absolute Gasteiger partial charge is 0.356 e. The summed E-state index contributed by atoms with van der Waals surface area (Å²) in [7, 11) is 1.61. The zero-order valence-corrected chi connectivity index (χ0v) is 21.5. The Morgan fingerprint density at radius 3 is 2.55 bits per heavy atom. The van der Waals surface area contributed by atoms with Crippen molar-refractivity contribution < 1.29 is 18.8 Å². The first kappa shape index (κ1) is 25.5. The van der Waals surface area contributed by atoms with Gasteiger partial charge >= 0.3 is 0 Å². The molecule has 3 heterocycles. The van der Waals surface area contributed by atoms with Crippen LogP contribution in [0.25, 0.3) is 11.3 Å². The third-order valence-corrected chi connectivity index (χ3v) is 6.39. The number of hydrogen-bond acceptors (Lipinski definition) is 6. The van der Waals surface area contributed by atoms with Crippen LogP contribution in [0.1, 0.15) is 65.3 Å². The zero-order valence-electron chi connectivity index (χ0n) is 21.5. The molecule has 1 fully saturated rings. The molecule has 2 aromatic carbocycles. The van der Waals surface area contributed by atoms with Crippen LogP contribution in [-0.4, -0.2) is 40.6 Å². The lowest BCUT2D eigenvalue weighted by atomic mass is 10.1. The normalized spacial score (nSPS) is 15.9. The number of benzene rings is 2. The Bertz CT molecular complexity index is 1420. The van der Waals surface area contributed by atoms with E-state index < -0.39 is 0 Å². The molecule has 2 unspecified atom stereocenters. The quantitative estimate of drug-likeness (QED) is 0.354. The summed E-state index contributed by atoms with van der Waals surface area (Å²) in [6, 6.07) is 17.0. The highest BCUT2D eigenvalue weighted by Crippen LogP contribution is 2.25. The minimum atomic E-state index is -0.193. The maximum absolute atomic E-state index is 11.7. The number of carbonyl (C=O) groups is 1. The maximum atomic E-state index is 11.7. The van der Waals surface area contributed by atoms with Gasteiger partial charge in [-0.25, -0.2) is 4.98 Å². The van der Waals surface area contributed by atoms with Gasteiger partial charge in [0.1, 0.15) is 17.6 Å². The fraction of sp³-hybridized carbons (Fsp3) is 0.300. The molecule has 0 bridgehead atoms. The second kappa shape index (κ2) is 11.9. The van der Waals surface area contributed by atoms with E-state index in [1.807, 2.05) is 60.2 Å². The van der Waals surface area contributed by atoms with Crippen molar-refractivity contribution in [3.05, 3.63) is 95.2 Å². The summed E-state index contributed by atoms with van der Waals surface area (Å²) in [6.07, 6.45) is 6.44. The standard InChI is InChI=1S/C30H30N4O4/c1-21(37-28-5-3-4-18-36-28)29-32-16-17-34(29)20-26-19-27(38-33-26)24-12-8-22(9-13-24)6-7-23-10-14-25(15-11-23)30(35)31-2/h8-17,19,21,28H,3-5,18,20H2,1-2H3,(H,31,35). The molecule has 2 atom stereocenters. The minimum Gasteiger partial charge on any atom is -0.356 e. The van der Waals surface area contributed by atoms with Crippen molar-refractivity contribution in [1.82, 2.24) is 20.0 Å². The molecule has 0 spiro atoms. The summed E-state index contributed by atoms with van der Waals surface area (Å²) in [5.74, 6) is 7.68. The first-order chi connectivity index (χ1) is 18.6. The monoisotopic (exact) mass is 510 g/mol. The Hall–Kier alpha value is -4.19. The van der Waals surface area contributed by atoms with E-state index in [0.29, 0.717) is 17.9 Å². The van der Waals surface area contributed by atoms with E-state index in [0.717, 1.165) is 54.1 Å². The summed E-state index contributed by atoms with van der Waals surface area (Å²) in [5, 5.41) is 6.87. The van der Waals surface area contributed by atoms with Gasteiger partial charge < -0.3 is 23.9 Å². The number of hydrogen-bond donors (Lipinski definition) is 1. The lowest BCUT2D eigenvalue weighted by Crippen LogP contribution is -2.24. The highest BCUT2D eigenvalue weighted by atomic mass is 16.7. The Kier molecular flexibility index (Phi) is 7.98. The molecular weight excluding hydrogens is 480 g/mol. The highest BCUT2D eigenvalue weighted by Gasteiger charge is 2.21. The van der Waals surface area contributed by atoms with Crippen molar-refractivity contribution in [1.29, 1.82) is 0 Å². The van der Waals surface area contributed by atoms with E-state index in [2.05, 4.69) is 27.3 Å². The van der Waals surface area contributed by atoms with Crippen LogP contribution in [0.4, 0.5) is 0 Å². The fourth-order valence-corrected chi connectivity index (χ4v) is 4.33. The molecule has 4 aromatic rings. The molecule has 2 aromatic heterocycles. The number of rotatable bonds is 7. The van der Waals surface area contributed by atoms with E-state index in [1.54, 1.807) is 25.4 Å². The summed E-state index contributed by atoms with van der Waals surface area (Å²) >= 11 is 0. The van der Waals surface area contributed by atoms with Gasteiger partial charge in [-0.3, -0.25) is 4.79 Å². The molecule has 1 saturated heterocycles.